The molecule has 1 aromatic heterocycles. The van der Waals surface area contributed by atoms with Gasteiger partial charge in [-0.2, -0.15) is 0 Å². The van der Waals surface area contributed by atoms with Gasteiger partial charge < -0.3 is 5.11 Å². The zero-order valence-corrected chi connectivity index (χ0v) is 10.3. The quantitative estimate of drug-likeness (QED) is 0.922. The van der Waals surface area contributed by atoms with Crippen molar-refractivity contribution in [3.8, 4) is 11.3 Å². The third-order valence-electron chi connectivity index (χ3n) is 2.20. The van der Waals surface area contributed by atoms with Gasteiger partial charge in [-0.05, 0) is 34.1 Å². The molecule has 0 spiro atoms. The SMILES string of the molecule is Cn1nnc(Br)c1-c1cc(F)cc(C(=O)O)c1. The van der Waals surface area contributed by atoms with Gasteiger partial charge >= 0.3 is 5.97 Å². The number of carboxylic acid groups (broad SMARTS) is 1. The molecule has 0 saturated carbocycles. The minimum Gasteiger partial charge on any atom is -0.478 e. The standard InChI is InChI=1S/C10H7BrFN3O2/c1-15-8(9(11)13-14-15)5-2-6(10(16)17)4-7(12)3-5/h2-4H,1H3,(H,16,17). The Morgan fingerprint density at radius 1 is 1.47 bits per heavy atom. The summed E-state index contributed by atoms with van der Waals surface area (Å²) in [6, 6.07) is 3.56. The van der Waals surface area contributed by atoms with Crippen LogP contribution in [0.3, 0.4) is 0 Å². The molecule has 0 bridgehead atoms. The maximum absolute atomic E-state index is 13.3. The summed E-state index contributed by atoms with van der Waals surface area (Å²) in [7, 11) is 1.64. The van der Waals surface area contributed by atoms with Gasteiger partial charge in [0.25, 0.3) is 0 Å². The predicted molar refractivity (Wildman–Crippen MR) is 61.1 cm³/mol. The number of aromatic nitrogens is 3. The number of aromatic carboxylic acids is 1. The van der Waals surface area contributed by atoms with E-state index in [1.165, 1.54) is 16.8 Å². The van der Waals surface area contributed by atoms with Crippen LogP contribution in [-0.4, -0.2) is 26.1 Å². The van der Waals surface area contributed by atoms with Crippen molar-refractivity contribution in [1.82, 2.24) is 15.0 Å². The molecule has 5 nitrogen and oxygen atoms in total. The molecule has 0 atom stereocenters. The molecule has 0 fully saturated rings. The molecule has 0 radical (unpaired) electrons. The van der Waals surface area contributed by atoms with Gasteiger partial charge in [-0.15, -0.1) is 5.10 Å². The number of rotatable bonds is 2. The molecule has 17 heavy (non-hydrogen) atoms. The highest BCUT2D eigenvalue weighted by atomic mass is 79.9. The van der Waals surface area contributed by atoms with Gasteiger partial charge in [0.15, 0.2) is 4.60 Å². The fraction of sp³-hybridized carbons (Fsp3) is 0.100. The Labute approximate surface area is 104 Å². The van der Waals surface area contributed by atoms with Gasteiger partial charge in [0.05, 0.1) is 5.56 Å². The first-order valence-electron chi connectivity index (χ1n) is 4.58. The Bertz CT molecular complexity index is 578. The molecule has 1 heterocycles. The molecule has 0 aliphatic carbocycles. The summed E-state index contributed by atoms with van der Waals surface area (Å²) in [4.78, 5) is 10.8. The molecule has 88 valence electrons. The lowest BCUT2D eigenvalue weighted by Crippen LogP contribution is -2.00. The van der Waals surface area contributed by atoms with Crippen molar-refractivity contribution >= 4 is 21.9 Å². The lowest BCUT2D eigenvalue weighted by atomic mass is 10.1. The number of hydrogen-bond donors (Lipinski definition) is 1. The molecule has 1 aromatic carbocycles. The molecular formula is C10H7BrFN3O2. The van der Waals surface area contributed by atoms with Crippen LogP contribution in [0.2, 0.25) is 0 Å². The summed E-state index contributed by atoms with van der Waals surface area (Å²) in [6.45, 7) is 0. The van der Waals surface area contributed by atoms with Gasteiger partial charge in [0, 0.05) is 12.6 Å². The van der Waals surface area contributed by atoms with Gasteiger partial charge in [0.1, 0.15) is 11.5 Å². The van der Waals surface area contributed by atoms with Crippen molar-refractivity contribution in [3.63, 3.8) is 0 Å². The monoisotopic (exact) mass is 299 g/mol. The van der Waals surface area contributed by atoms with E-state index in [1.54, 1.807) is 7.05 Å². The van der Waals surface area contributed by atoms with E-state index in [-0.39, 0.29) is 5.56 Å². The normalized spacial score (nSPS) is 10.5. The number of carbonyl (C=O) groups is 1. The fourth-order valence-corrected chi connectivity index (χ4v) is 2.04. The lowest BCUT2D eigenvalue weighted by molar-refractivity contribution is 0.0696. The van der Waals surface area contributed by atoms with Crippen molar-refractivity contribution in [1.29, 1.82) is 0 Å². The first kappa shape index (κ1) is 11.7. The molecule has 0 amide bonds. The Hall–Kier alpha value is -1.76. The van der Waals surface area contributed by atoms with Crippen LogP contribution in [0.25, 0.3) is 11.3 Å². The van der Waals surface area contributed by atoms with E-state index in [2.05, 4.69) is 26.2 Å². The van der Waals surface area contributed by atoms with Crippen LogP contribution in [0.4, 0.5) is 4.39 Å². The topological polar surface area (TPSA) is 68.0 Å². The number of aryl methyl sites for hydroxylation is 1. The highest BCUT2D eigenvalue weighted by Crippen LogP contribution is 2.27. The highest BCUT2D eigenvalue weighted by molar-refractivity contribution is 9.10. The van der Waals surface area contributed by atoms with Gasteiger partial charge in [0.2, 0.25) is 0 Å². The third kappa shape index (κ3) is 2.19. The van der Waals surface area contributed by atoms with Gasteiger partial charge in [-0.1, -0.05) is 5.21 Å². The Kier molecular flexibility index (Phi) is 2.93. The van der Waals surface area contributed by atoms with Crippen LogP contribution in [-0.2, 0) is 7.05 Å². The molecule has 0 aliphatic heterocycles. The van der Waals surface area contributed by atoms with E-state index in [1.807, 2.05) is 0 Å². The van der Waals surface area contributed by atoms with E-state index in [4.69, 9.17) is 5.11 Å². The predicted octanol–water partition coefficient (Wildman–Crippen LogP) is 2.08. The van der Waals surface area contributed by atoms with Crippen molar-refractivity contribution in [3.05, 3.63) is 34.2 Å². The first-order valence-corrected chi connectivity index (χ1v) is 5.38. The molecule has 0 unspecified atom stereocenters. The van der Waals surface area contributed by atoms with Crippen LogP contribution in [0.15, 0.2) is 22.8 Å². The van der Waals surface area contributed by atoms with Crippen molar-refractivity contribution in [2.24, 2.45) is 7.05 Å². The van der Waals surface area contributed by atoms with Crippen LogP contribution < -0.4 is 0 Å². The second-order valence-electron chi connectivity index (χ2n) is 3.39. The molecule has 0 aliphatic rings. The van der Waals surface area contributed by atoms with E-state index in [0.29, 0.717) is 15.9 Å². The Morgan fingerprint density at radius 3 is 2.71 bits per heavy atom. The fourth-order valence-electron chi connectivity index (χ4n) is 1.49. The molecule has 1 N–H and O–H groups in total. The van der Waals surface area contributed by atoms with Crippen LogP contribution >= 0.6 is 15.9 Å². The van der Waals surface area contributed by atoms with Gasteiger partial charge in [-0.25, -0.2) is 13.9 Å². The number of halogens is 2. The maximum atomic E-state index is 13.3. The summed E-state index contributed by atoms with van der Waals surface area (Å²) in [5, 5.41) is 16.4. The Balaban J connectivity index is 2.64. The summed E-state index contributed by atoms with van der Waals surface area (Å²) < 4.78 is 15.2. The summed E-state index contributed by atoms with van der Waals surface area (Å²) >= 11 is 3.18. The number of hydrogen-bond acceptors (Lipinski definition) is 3. The van der Waals surface area contributed by atoms with Crippen LogP contribution in [0.1, 0.15) is 10.4 Å². The van der Waals surface area contributed by atoms with Crippen LogP contribution in [0.5, 0.6) is 0 Å². The zero-order valence-electron chi connectivity index (χ0n) is 8.69. The maximum Gasteiger partial charge on any atom is 0.335 e. The summed E-state index contributed by atoms with van der Waals surface area (Å²) in [5.74, 6) is -1.80. The number of benzene rings is 1. The molecule has 0 saturated heterocycles. The molecule has 2 rings (SSSR count). The van der Waals surface area contributed by atoms with E-state index in [9.17, 15) is 9.18 Å². The minimum atomic E-state index is -1.18. The number of carboxylic acids is 1. The minimum absolute atomic E-state index is 0.117. The van der Waals surface area contributed by atoms with E-state index in [0.717, 1.165) is 6.07 Å². The number of nitrogens with zero attached hydrogens (tertiary/aromatic N) is 3. The van der Waals surface area contributed by atoms with Crippen molar-refractivity contribution in [2.75, 3.05) is 0 Å². The Morgan fingerprint density at radius 2 is 2.18 bits per heavy atom. The summed E-state index contributed by atoms with van der Waals surface area (Å²) in [5.41, 5.74) is 0.807. The molecule has 7 heteroatoms. The second-order valence-corrected chi connectivity index (χ2v) is 4.14. The largest absolute Gasteiger partial charge is 0.478 e. The molecular weight excluding hydrogens is 293 g/mol. The van der Waals surface area contributed by atoms with E-state index >= 15 is 0 Å². The van der Waals surface area contributed by atoms with Crippen LogP contribution in [0, 0.1) is 5.82 Å². The van der Waals surface area contributed by atoms with Gasteiger partial charge in [-0.3, -0.25) is 0 Å². The average Bonchev–Trinajstić information content (AvgIpc) is 2.57. The first-order chi connectivity index (χ1) is 7.99. The smallest absolute Gasteiger partial charge is 0.335 e. The van der Waals surface area contributed by atoms with Crippen molar-refractivity contribution < 1.29 is 14.3 Å². The second kappa shape index (κ2) is 4.25. The third-order valence-corrected chi connectivity index (χ3v) is 2.74. The summed E-state index contributed by atoms with van der Waals surface area (Å²) in [6.07, 6.45) is 0. The zero-order chi connectivity index (χ0) is 12.6. The van der Waals surface area contributed by atoms with E-state index < -0.39 is 11.8 Å². The highest BCUT2D eigenvalue weighted by Gasteiger charge is 2.14. The van der Waals surface area contributed by atoms with Crippen molar-refractivity contribution in [2.45, 2.75) is 0 Å². The molecule has 2 aromatic rings. The average molecular weight is 300 g/mol. The lowest BCUT2D eigenvalue weighted by Gasteiger charge is -2.04.